The second-order valence-corrected chi connectivity index (χ2v) is 9.44. The van der Waals surface area contributed by atoms with Crippen molar-refractivity contribution in [2.45, 2.75) is 46.6 Å². The van der Waals surface area contributed by atoms with Gasteiger partial charge in [-0.15, -0.1) is 0 Å². The lowest BCUT2D eigenvalue weighted by Crippen LogP contribution is -2.29. The molecule has 5 heteroatoms. The summed E-state index contributed by atoms with van der Waals surface area (Å²) in [6.45, 7) is 0. The van der Waals surface area contributed by atoms with E-state index in [1.807, 2.05) is 24.3 Å². The second kappa shape index (κ2) is 7.49. The molecule has 1 unspecified atom stereocenters. The average molecular weight is 348 g/mol. The first-order valence-corrected chi connectivity index (χ1v) is 10.5. The van der Waals surface area contributed by atoms with Crippen LogP contribution in [0.4, 0.5) is 0 Å². The fourth-order valence-electron chi connectivity index (χ4n) is 3.10. The Morgan fingerprint density at radius 2 is 1.65 bits per heavy atom. The molecule has 1 heterocycles. The van der Waals surface area contributed by atoms with Crippen molar-refractivity contribution in [1.82, 2.24) is 4.98 Å². The van der Waals surface area contributed by atoms with Crippen LogP contribution in [-0.2, 0) is 9.84 Å². The van der Waals surface area contributed by atoms with Crippen molar-refractivity contribution in [2.24, 2.45) is 5.92 Å². The Bertz CT molecular complexity index is 711. The van der Waals surface area contributed by atoms with Crippen LogP contribution in [0.5, 0.6) is 0 Å². The van der Waals surface area contributed by atoms with E-state index < -0.39 is 14.4 Å². The lowest BCUT2D eigenvalue weighted by Gasteiger charge is -2.29. The van der Waals surface area contributed by atoms with Gasteiger partial charge < -0.3 is 0 Å². The number of sulfone groups is 1. The van der Waals surface area contributed by atoms with Gasteiger partial charge in [-0.3, -0.25) is 0 Å². The van der Waals surface area contributed by atoms with Crippen molar-refractivity contribution in [3.8, 4) is 0 Å². The van der Waals surface area contributed by atoms with E-state index in [0.29, 0.717) is 4.90 Å². The second-order valence-electron chi connectivity index (χ2n) is 5.91. The van der Waals surface area contributed by atoms with Crippen molar-refractivity contribution >= 4 is 21.6 Å². The summed E-state index contributed by atoms with van der Waals surface area (Å²) in [5.74, 6) is 0.195. The van der Waals surface area contributed by atoms with Gasteiger partial charge in [-0.2, -0.15) is 0 Å². The number of rotatable bonds is 5. The van der Waals surface area contributed by atoms with Gasteiger partial charge >= 0.3 is 0 Å². The zero-order valence-corrected chi connectivity index (χ0v) is 14.6. The Morgan fingerprint density at radius 3 is 2.30 bits per heavy atom. The SMILES string of the molecule is O=S(=O)(c1ccccc1)C(Sc1ccccn1)C1CCCCC1. The monoisotopic (exact) mass is 347 g/mol. The number of pyridine rings is 1. The molecule has 1 atom stereocenters. The van der Waals surface area contributed by atoms with Crippen molar-refractivity contribution in [3.05, 3.63) is 54.7 Å². The maximum absolute atomic E-state index is 13.2. The van der Waals surface area contributed by atoms with E-state index in [9.17, 15) is 8.42 Å². The van der Waals surface area contributed by atoms with Crippen LogP contribution in [0.1, 0.15) is 32.1 Å². The molecule has 1 aliphatic rings. The molecule has 1 saturated carbocycles. The van der Waals surface area contributed by atoms with E-state index in [1.165, 1.54) is 18.2 Å². The summed E-state index contributed by atoms with van der Waals surface area (Å²) in [4.78, 5) is 4.73. The largest absolute Gasteiger partial charge is 0.250 e. The molecule has 3 nitrogen and oxygen atoms in total. The minimum atomic E-state index is -3.38. The Hall–Kier alpha value is -1.33. The van der Waals surface area contributed by atoms with Crippen LogP contribution in [0.25, 0.3) is 0 Å². The van der Waals surface area contributed by atoms with Gasteiger partial charge in [0.25, 0.3) is 0 Å². The van der Waals surface area contributed by atoms with Gasteiger partial charge in [-0.05, 0) is 43.0 Å². The molecule has 122 valence electrons. The summed E-state index contributed by atoms with van der Waals surface area (Å²) in [5.41, 5.74) is 0. The van der Waals surface area contributed by atoms with E-state index in [0.717, 1.165) is 30.7 Å². The first-order valence-electron chi connectivity index (χ1n) is 8.04. The van der Waals surface area contributed by atoms with Crippen LogP contribution in [0.15, 0.2) is 64.6 Å². The van der Waals surface area contributed by atoms with Gasteiger partial charge in [0.05, 0.1) is 9.92 Å². The fraction of sp³-hybridized carbons (Fsp3) is 0.389. The molecule has 0 saturated heterocycles. The molecule has 1 aromatic heterocycles. The zero-order chi connectivity index (χ0) is 16.1. The van der Waals surface area contributed by atoms with Gasteiger partial charge in [0.15, 0.2) is 9.84 Å². The molecular weight excluding hydrogens is 326 g/mol. The number of hydrogen-bond acceptors (Lipinski definition) is 4. The highest BCUT2D eigenvalue weighted by Gasteiger charge is 2.36. The first-order chi connectivity index (χ1) is 11.2. The quantitative estimate of drug-likeness (QED) is 0.744. The predicted molar refractivity (Wildman–Crippen MR) is 94.1 cm³/mol. The van der Waals surface area contributed by atoms with Gasteiger partial charge in [0.1, 0.15) is 4.58 Å². The Balaban J connectivity index is 1.94. The van der Waals surface area contributed by atoms with Crippen LogP contribution in [0, 0.1) is 5.92 Å². The fourth-order valence-corrected chi connectivity index (χ4v) is 6.80. The molecule has 0 aliphatic heterocycles. The van der Waals surface area contributed by atoms with Crippen molar-refractivity contribution in [3.63, 3.8) is 0 Å². The van der Waals surface area contributed by atoms with Crippen molar-refractivity contribution in [1.29, 1.82) is 0 Å². The molecule has 1 fully saturated rings. The topological polar surface area (TPSA) is 47.0 Å². The van der Waals surface area contributed by atoms with Gasteiger partial charge in [-0.25, -0.2) is 13.4 Å². The lowest BCUT2D eigenvalue weighted by molar-refractivity contribution is 0.374. The zero-order valence-electron chi connectivity index (χ0n) is 13.0. The molecule has 1 aromatic carbocycles. The van der Waals surface area contributed by atoms with Gasteiger partial charge in [-0.1, -0.05) is 55.3 Å². The summed E-state index contributed by atoms with van der Waals surface area (Å²) in [6.07, 6.45) is 7.13. The van der Waals surface area contributed by atoms with Gasteiger partial charge in [0, 0.05) is 6.20 Å². The van der Waals surface area contributed by atoms with E-state index in [4.69, 9.17) is 0 Å². The Morgan fingerprint density at radius 1 is 0.957 bits per heavy atom. The summed E-state index contributed by atoms with van der Waals surface area (Å²) < 4.78 is 25.9. The minimum Gasteiger partial charge on any atom is -0.250 e. The summed E-state index contributed by atoms with van der Waals surface area (Å²) >= 11 is 1.40. The van der Waals surface area contributed by atoms with E-state index in [2.05, 4.69) is 4.98 Å². The molecule has 0 amide bonds. The molecule has 0 bridgehead atoms. The minimum absolute atomic E-state index is 0.195. The smallest absolute Gasteiger partial charge is 0.191 e. The van der Waals surface area contributed by atoms with Crippen molar-refractivity contribution in [2.75, 3.05) is 0 Å². The number of nitrogens with zero attached hydrogens (tertiary/aromatic N) is 1. The third-order valence-corrected chi connectivity index (χ3v) is 8.36. The summed E-state index contributed by atoms with van der Waals surface area (Å²) in [5, 5.41) is 0.780. The Labute approximate surface area is 142 Å². The summed E-state index contributed by atoms with van der Waals surface area (Å²) in [6, 6.07) is 14.5. The highest BCUT2D eigenvalue weighted by molar-refractivity contribution is 8.13. The third-order valence-electron chi connectivity index (χ3n) is 4.29. The average Bonchev–Trinajstić information content (AvgIpc) is 2.62. The maximum Gasteiger partial charge on any atom is 0.191 e. The first kappa shape index (κ1) is 16.5. The number of aromatic nitrogens is 1. The molecule has 2 aromatic rings. The molecule has 0 spiro atoms. The van der Waals surface area contributed by atoms with E-state index in [-0.39, 0.29) is 5.92 Å². The van der Waals surface area contributed by atoms with E-state index >= 15 is 0 Å². The van der Waals surface area contributed by atoms with Gasteiger partial charge in [0.2, 0.25) is 0 Å². The maximum atomic E-state index is 13.2. The number of hydrogen-bond donors (Lipinski definition) is 0. The van der Waals surface area contributed by atoms with Crippen LogP contribution < -0.4 is 0 Å². The molecule has 23 heavy (non-hydrogen) atoms. The Kier molecular flexibility index (Phi) is 5.38. The normalized spacial score (nSPS) is 17.7. The molecule has 3 rings (SSSR count). The molecule has 0 radical (unpaired) electrons. The number of benzene rings is 1. The highest BCUT2D eigenvalue weighted by atomic mass is 32.3. The van der Waals surface area contributed by atoms with Crippen LogP contribution in [-0.4, -0.2) is 18.0 Å². The van der Waals surface area contributed by atoms with Crippen LogP contribution >= 0.6 is 11.8 Å². The highest BCUT2D eigenvalue weighted by Crippen LogP contribution is 2.40. The van der Waals surface area contributed by atoms with Crippen LogP contribution in [0.2, 0.25) is 0 Å². The third kappa shape index (κ3) is 3.96. The standard InChI is InChI=1S/C18H21NO2S2/c20-23(21,16-11-5-2-6-12-16)18(15-9-3-1-4-10-15)22-17-13-7-8-14-19-17/h2,5-8,11-15,18H,1,3-4,9-10H2. The molecule has 0 N–H and O–H groups in total. The van der Waals surface area contributed by atoms with Crippen LogP contribution in [0.3, 0.4) is 0 Å². The number of thioether (sulfide) groups is 1. The molecule has 1 aliphatic carbocycles. The van der Waals surface area contributed by atoms with E-state index in [1.54, 1.807) is 30.5 Å². The predicted octanol–water partition coefficient (Wildman–Crippen LogP) is 4.55. The van der Waals surface area contributed by atoms with Crippen molar-refractivity contribution < 1.29 is 8.42 Å². The molecular formula is C18H21NO2S2. The summed E-state index contributed by atoms with van der Waals surface area (Å²) in [7, 11) is -3.38. The lowest BCUT2D eigenvalue weighted by atomic mass is 9.91.